The zero-order valence-corrected chi connectivity index (χ0v) is 17.0. The number of amides is 1. The molecule has 0 heterocycles. The van der Waals surface area contributed by atoms with Gasteiger partial charge in [-0.3, -0.25) is 4.79 Å². The van der Waals surface area contributed by atoms with E-state index in [9.17, 15) is 9.18 Å². The Hall–Kier alpha value is -2.89. The Labute approximate surface area is 177 Å². The van der Waals surface area contributed by atoms with Crippen LogP contribution >= 0.6 is 23.2 Å². The van der Waals surface area contributed by atoms with Crippen molar-refractivity contribution in [2.45, 2.75) is 13.5 Å². The lowest BCUT2D eigenvalue weighted by Gasteiger charge is -2.09. The maximum atomic E-state index is 13.0. The molecule has 0 aliphatic rings. The monoisotopic (exact) mass is 430 g/mol. The molecule has 3 aromatic carbocycles. The molecule has 0 saturated heterocycles. The SMILES string of the molecule is C/C(=N/NC(=O)c1ccc(OCc2ccc(Cl)cc2Cl)cc1)c1ccc(F)cc1. The van der Waals surface area contributed by atoms with Crippen LogP contribution in [0.4, 0.5) is 4.39 Å². The fraction of sp³-hybridized carbons (Fsp3) is 0.0909. The van der Waals surface area contributed by atoms with Crippen molar-refractivity contribution in [2.75, 3.05) is 0 Å². The highest BCUT2D eigenvalue weighted by atomic mass is 35.5. The molecule has 0 bridgehead atoms. The smallest absolute Gasteiger partial charge is 0.271 e. The summed E-state index contributed by atoms with van der Waals surface area (Å²) in [6.45, 7) is 2.01. The number of rotatable bonds is 6. The predicted octanol–water partition coefficient (Wildman–Crippen LogP) is 5.87. The second kappa shape index (κ2) is 9.54. The first-order valence-electron chi connectivity index (χ1n) is 8.70. The average molecular weight is 431 g/mol. The van der Waals surface area contributed by atoms with Crippen LogP contribution in [0.15, 0.2) is 71.8 Å². The van der Waals surface area contributed by atoms with Crippen molar-refractivity contribution in [3.05, 3.63) is 99.3 Å². The third-order valence-electron chi connectivity index (χ3n) is 4.11. The van der Waals surface area contributed by atoms with Crippen LogP contribution in [0.5, 0.6) is 5.75 Å². The predicted molar refractivity (Wildman–Crippen MR) is 113 cm³/mol. The lowest BCUT2D eigenvalue weighted by Crippen LogP contribution is -2.19. The van der Waals surface area contributed by atoms with E-state index in [1.54, 1.807) is 61.5 Å². The average Bonchev–Trinajstić information content (AvgIpc) is 2.72. The Morgan fingerprint density at radius 2 is 1.66 bits per heavy atom. The number of carbonyl (C=O) groups is 1. The Balaban J connectivity index is 1.58. The van der Waals surface area contributed by atoms with E-state index in [4.69, 9.17) is 27.9 Å². The van der Waals surface area contributed by atoms with Gasteiger partial charge in [-0.15, -0.1) is 0 Å². The molecule has 0 radical (unpaired) electrons. The highest BCUT2D eigenvalue weighted by Crippen LogP contribution is 2.23. The number of halogens is 3. The van der Waals surface area contributed by atoms with Gasteiger partial charge in [0.05, 0.1) is 5.71 Å². The molecule has 0 spiro atoms. The van der Waals surface area contributed by atoms with Gasteiger partial charge in [0, 0.05) is 21.2 Å². The van der Waals surface area contributed by atoms with Crippen molar-refractivity contribution in [3.63, 3.8) is 0 Å². The molecule has 3 rings (SSSR count). The molecular formula is C22H17Cl2FN2O2. The fourth-order valence-electron chi connectivity index (χ4n) is 2.46. The molecule has 0 aliphatic heterocycles. The topological polar surface area (TPSA) is 50.7 Å². The van der Waals surface area contributed by atoms with Gasteiger partial charge in [0.15, 0.2) is 0 Å². The van der Waals surface area contributed by atoms with Crippen LogP contribution in [-0.4, -0.2) is 11.6 Å². The summed E-state index contributed by atoms with van der Waals surface area (Å²) in [5.74, 6) is -0.0939. The third-order valence-corrected chi connectivity index (χ3v) is 4.70. The largest absolute Gasteiger partial charge is 0.489 e. The number of hydrogen-bond donors (Lipinski definition) is 1. The van der Waals surface area contributed by atoms with E-state index in [0.717, 1.165) is 11.1 Å². The molecule has 0 saturated carbocycles. The van der Waals surface area contributed by atoms with Crippen LogP contribution in [0.1, 0.15) is 28.4 Å². The summed E-state index contributed by atoms with van der Waals surface area (Å²) in [5.41, 5.74) is 5.01. The molecule has 7 heteroatoms. The van der Waals surface area contributed by atoms with E-state index in [-0.39, 0.29) is 18.3 Å². The summed E-state index contributed by atoms with van der Waals surface area (Å²) in [6.07, 6.45) is 0. The molecule has 29 heavy (non-hydrogen) atoms. The highest BCUT2D eigenvalue weighted by Gasteiger charge is 2.07. The minimum absolute atomic E-state index is 0.280. The standard InChI is InChI=1S/C22H17Cl2FN2O2/c1-14(15-3-8-19(25)9-4-15)26-27-22(28)16-5-10-20(11-6-16)29-13-17-2-7-18(23)12-21(17)24/h2-12H,13H2,1H3,(H,27,28)/b26-14-. The van der Waals surface area contributed by atoms with E-state index in [1.165, 1.54) is 12.1 Å². The number of nitrogens with one attached hydrogen (secondary N) is 1. The van der Waals surface area contributed by atoms with Gasteiger partial charge in [-0.2, -0.15) is 5.10 Å². The van der Waals surface area contributed by atoms with Crippen LogP contribution in [0, 0.1) is 5.82 Å². The number of ether oxygens (including phenoxy) is 1. The van der Waals surface area contributed by atoms with Crippen molar-refractivity contribution in [3.8, 4) is 5.75 Å². The Morgan fingerprint density at radius 3 is 2.31 bits per heavy atom. The van der Waals surface area contributed by atoms with Gasteiger partial charge >= 0.3 is 0 Å². The minimum atomic E-state index is -0.362. The van der Waals surface area contributed by atoms with Gasteiger partial charge in [0.2, 0.25) is 0 Å². The first kappa shape index (κ1) is 20.8. The van der Waals surface area contributed by atoms with Gasteiger partial charge in [-0.25, -0.2) is 9.82 Å². The molecule has 3 aromatic rings. The van der Waals surface area contributed by atoms with Crippen LogP contribution in [-0.2, 0) is 6.61 Å². The van der Waals surface area contributed by atoms with Crippen LogP contribution < -0.4 is 10.2 Å². The van der Waals surface area contributed by atoms with Crippen LogP contribution in [0.3, 0.4) is 0 Å². The number of hydrazone groups is 1. The first-order chi connectivity index (χ1) is 13.9. The van der Waals surface area contributed by atoms with E-state index in [1.807, 2.05) is 0 Å². The quantitative estimate of drug-likeness (QED) is 0.392. The molecule has 0 aromatic heterocycles. The number of nitrogens with zero attached hydrogens (tertiary/aromatic N) is 1. The lowest BCUT2D eigenvalue weighted by molar-refractivity contribution is 0.0955. The van der Waals surface area contributed by atoms with E-state index >= 15 is 0 Å². The third kappa shape index (κ3) is 5.79. The van der Waals surface area contributed by atoms with Crippen molar-refractivity contribution in [1.82, 2.24) is 5.43 Å². The van der Waals surface area contributed by atoms with Crippen molar-refractivity contribution >= 4 is 34.8 Å². The second-order valence-electron chi connectivity index (χ2n) is 6.19. The summed E-state index contributed by atoms with van der Waals surface area (Å²) in [4.78, 5) is 12.3. The van der Waals surface area contributed by atoms with Crippen LogP contribution in [0.2, 0.25) is 10.0 Å². The zero-order valence-electron chi connectivity index (χ0n) is 15.5. The number of hydrogen-bond acceptors (Lipinski definition) is 3. The molecule has 0 aliphatic carbocycles. The van der Waals surface area contributed by atoms with Gasteiger partial charge < -0.3 is 4.74 Å². The molecule has 1 amide bonds. The number of carbonyl (C=O) groups excluding carboxylic acids is 1. The Morgan fingerprint density at radius 1 is 1.00 bits per heavy atom. The first-order valence-corrected chi connectivity index (χ1v) is 9.45. The van der Waals surface area contributed by atoms with Gasteiger partial charge in [0.1, 0.15) is 18.2 Å². The summed E-state index contributed by atoms with van der Waals surface area (Å²) in [5, 5.41) is 5.15. The van der Waals surface area contributed by atoms with E-state index < -0.39 is 0 Å². The summed E-state index contributed by atoms with van der Waals surface area (Å²) in [7, 11) is 0. The van der Waals surface area contributed by atoms with Gasteiger partial charge in [0.25, 0.3) is 5.91 Å². The van der Waals surface area contributed by atoms with E-state index in [2.05, 4.69) is 10.5 Å². The molecule has 0 fully saturated rings. The Kier molecular flexibility index (Phi) is 6.86. The van der Waals surface area contributed by atoms with E-state index in [0.29, 0.717) is 27.1 Å². The molecule has 4 nitrogen and oxygen atoms in total. The molecule has 0 atom stereocenters. The zero-order chi connectivity index (χ0) is 20.8. The van der Waals surface area contributed by atoms with Crippen LogP contribution in [0.25, 0.3) is 0 Å². The van der Waals surface area contributed by atoms with Crippen molar-refractivity contribution in [2.24, 2.45) is 5.10 Å². The molecule has 1 N–H and O–H groups in total. The molecular weight excluding hydrogens is 414 g/mol. The normalized spacial score (nSPS) is 11.2. The molecule has 0 unspecified atom stereocenters. The summed E-state index contributed by atoms with van der Waals surface area (Å²) >= 11 is 12.0. The van der Waals surface area contributed by atoms with Crippen molar-refractivity contribution < 1.29 is 13.9 Å². The molecule has 148 valence electrons. The maximum absolute atomic E-state index is 13.0. The Bertz CT molecular complexity index is 1040. The number of benzene rings is 3. The summed E-state index contributed by atoms with van der Waals surface area (Å²) in [6, 6.07) is 17.7. The maximum Gasteiger partial charge on any atom is 0.271 e. The fourth-order valence-corrected chi connectivity index (χ4v) is 2.92. The second-order valence-corrected chi connectivity index (χ2v) is 7.04. The highest BCUT2D eigenvalue weighted by molar-refractivity contribution is 6.35. The minimum Gasteiger partial charge on any atom is -0.489 e. The summed E-state index contributed by atoms with van der Waals surface area (Å²) < 4.78 is 18.7. The van der Waals surface area contributed by atoms with Gasteiger partial charge in [-0.05, 0) is 61.0 Å². The van der Waals surface area contributed by atoms with Crippen molar-refractivity contribution in [1.29, 1.82) is 0 Å². The lowest BCUT2D eigenvalue weighted by atomic mass is 10.1. The van der Waals surface area contributed by atoms with Gasteiger partial charge in [-0.1, -0.05) is 41.4 Å².